The number of halogens is 2. The molecule has 0 unspecified atom stereocenters. The van der Waals surface area contributed by atoms with Crippen LogP contribution >= 0.6 is 45.2 Å². The molecule has 0 atom stereocenters. The second kappa shape index (κ2) is 5.80. The van der Waals surface area contributed by atoms with E-state index < -0.39 is 5.97 Å². The Hall–Kier alpha value is -0.380. The van der Waals surface area contributed by atoms with Crippen molar-refractivity contribution in [2.45, 2.75) is 6.92 Å². The molecule has 86 valence electrons. The molecule has 1 rings (SSSR count). The van der Waals surface area contributed by atoms with Gasteiger partial charge in [-0.25, -0.2) is 0 Å². The largest absolute Gasteiger partial charge is 0.492 e. The number of esters is 1. The van der Waals surface area contributed by atoms with Crippen molar-refractivity contribution in [3.05, 3.63) is 18.8 Å². The first-order valence-electron chi connectivity index (χ1n) is 4.20. The lowest BCUT2D eigenvalue weighted by molar-refractivity contribution is -0.132. The van der Waals surface area contributed by atoms with Crippen LogP contribution in [0, 0.1) is 7.14 Å². The molecule has 4 nitrogen and oxygen atoms in total. The maximum Gasteiger partial charge on any atom is 0.308 e. The third-order valence-corrected chi connectivity index (χ3v) is 3.65. The van der Waals surface area contributed by atoms with Gasteiger partial charge in [0.05, 0.1) is 14.3 Å². The molecule has 0 saturated heterocycles. The fourth-order valence-corrected chi connectivity index (χ4v) is 2.55. The van der Waals surface area contributed by atoms with Crippen molar-refractivity contribution in [1.29, 1.82) is 0 Å². The van der Waals surface area contributed by atoms with Crippen LogP contribution in [0.1, 0.15) is 17.3 Å². The van der Waals surface area contributed by atoms with Gasteiger partial charge in [-0.15, -0.1) is 0 Å². The summed E-state index contributed by atoms with van der Waals surface area (Å²) in [7, 11) is 1.47. The van der Waals surface area contributed by atoms with Gasteiger partial charge in [0, 0.05) is 12.5 Å². The van der Waals surface area contributed by atoms with E-state index in [1.807, 2.05) is 45.2 Å². The van der Waals surface area contributed by atoms with E-state index >= 15 is 0 Å². The van der Waals surface area contributed by atoms with Crippen LogP contribution in [0.3, 0.4) is 0 Å². The quantitative estimate of drug-likeness (QED) is 0.310. The zero-order valence-electron chi connectivity index (χ0n) is 8.54. The first-order chi connectivity index (χ1) is 7.51. The average Bonchev–Trinajstić information content (AvgIpc) is 2.23. The van der Waals surface area contributed by atoms with Crippen LogP contribution in [0.2, 0.25) is 0 Å². The summed E-state index contributed by atoms with van der Waals surface area (Å²) in [5, 5.41) is 0. The lowest BCUT2D eigenvalue weighted by atomic mass is 10.2. The fraction of sp³-hybridized carbons (Fsp3) is 0.200. The SMILES string of the molecule is COc1c(I)c(C=O)cc(I)c1OC(C)=O. The van der Waals surface area contributed by atoms with Crippen molar-refractivity contribution in [2.75, 3.05) is 7.11 Å². The topological polar surface area (TPSA) is 52.6 Å². The lowest BCUT2D eigenvalue weighted by Crippen LogP contribution is -2.06. The molecule has 0 spiro atoms. The minimum absolute atomic E-state index is 0.352. The monoisotopic (exact) mass is 446 g/mol. The Morgan fingerprint density at radius 3 is 2.44 bits per heavy atom. The van der Waals surface area contributed by atoms with E-state index in [9.17, 15) is 9.59 Å². The summed E-state index contributed by atoms with van der Waals surface area (Å²) >= 11 is 3.97. The second-order valence-corrected chi connectivity index (χ2v) is 5.08. The van der Waals surface area contributed by atoms with E-state index in [2.05, 4.69) is 0 Å². The zero-order chi connectivity index (χ0) is 12.3. The number of ether oxygens (including phenoxy) is 2. The van der Waals surface area contributed by atoms with Crippen molar-refractivity contribution in [3.8, 4) is 11.5 Å². The number of rotatable bonds is 3. The molecular formula is C10H8I2O4. The molecule has 0 N–H and O–H groups in total. The van der Waals surface area contributed by atoms with Gasteiger partial charge < -0.3 is 9.47 Å². The molecule has 0 radical (unpaired) electrons. The van der Waals surface area contributed by atoms with Gasteiger partial charge in [0.1, 0.15) is 0 Å². The number of aldehydes is 1. The Morgan fingerprint density at radius 2 is 2.00 bits per heavy atom. The first-order valence-corrected chi connectivity index (χ1v) is 6.36. The molecule has 0 fully saturated rings. The van der Waals surface area contributed by atoms with Crippen molar-refractivity contribution in [3.63, 3.8) is 0 Å². The minimum Gasteiger partial charge on any atom is -0.492 e. The summed E-state index contributed by atoms with van der Waals surface area (Å²) in [5.41, 5.74) is 0.512. The number of benzene rings is 1. The Balaban J connectivity index is 3.42. The van der Waals surface area contributed by atoms with E-state index in [1.54, 1.807) is 6.07 Å². The summed E-state index contributed by atoms with van der Waals surface area (Å²) in [6.07, 6.45) is 0.740. The standard InChI is InChI=1S/C10H8I2O4/c1-5(14)16-9-7(11)3-6(4-13)8(12)10(9)15-2/h3-4H,1-2H3. The van der Waals surface area contributed by atoms with Gasteiger partial charge in [0.15, 0.2) is 17.8 Å². The summed E-state index contributed by atoms with van der Waals surface area (Å²) in [4.78, 5) is 21.8. The second-order valence-electron chi connectivity index (χ2n) is 2.84. The Kier molecular flexibility index (Phi) is 4.96. The van der Waals surface area contributed by atoms with Gasteiger partial charge in [0.25, 0.3) is 0 Å². The molecular weight excluding hydrogens is 438 g/mol. The molecule has 6 heteroatoms. The Labute approximate surface area is 120 Å². The molecule has 1 aromatic carbocycles. The van der Waals surface area contributed by atoms with Crippen molar-refractivity contribution >= 4 is 57.4 Å². The Bertz CT molecular complexity index is 443. The fourth-order valence-electron chi connectivity index (χ4n) is 1.11. The number of carbonyl (C=O) groups excluding carboxylic acids is 2. The molecule has 1 aromatic rings. The van der Waals surface area contributed by atoms with Crippen LogP contribution in [0.4, 0.5) is 0 Å². The average molecular weight is 446 g/mol. The van der Waals surface area contributed by atoms with E-state index in [1.165, 1.54) is 14.0 Å². The van der Waals surface area contributed by atoms with Crippen LogP contribution in [0.15, 0.2) is 6.07 Å². The third kappa shape index (κ3) is 2.84. The van der Waals surface area contributed by atoms with Gasteiger partial charge in [-0.05, 0) is 51.2 Å². The van der Waals surface area contributed by atoms with E-state index in [0.717, 1.165) is 6.29 Å². The Morgan fingerprint density at radius 1 is 1.38 bits per heavy atom. The predicted octanol–water partition coefficient (Wildman–Crippen LogP) is 2.64. The maximum absolute atomic E-state index is 10.9. The highest BCUT2D eigenvalue weighted by atomic mass is 127. The van der Waals surface area contributed by atoms with Crippen molar-refractivity contribution in [1.82, 2.24) is 0 Å². The van der Waals surface area contributed by atoms with Gasteiger partial charge in [-0.1, -0.05) is 0 Å². The highest BCUT2D eigenvalue weighted by molar-refractivity contribution is 14.1. The molecule has 0 bridgehead atoms. The number of hydrogen-bond acceptors (Lipinski definition) is 4. The minimum atomic E-state index is -0.425. The van der Waals surface area contributed by atoms with Gasteiger partial charge >= 0.3 is 5.97 Å². The van der Waals surface area contributed by atoms with Gasteiger partial charge in [-0.2, -0.15) is 0 Å². The van der Waals surface area contributed by atoms with Gasteiger partial charge in [-0.3, -0.25) is 9.59 Å². The molecule has 0 aromatic heterocycles. The lowest BCUT2D eigenvalue weighted by Gasteiger charge is -2.13. The molecule has 0 heterocycles. The highest BCUT2D eigenvalue weighted by Crippen LogP contribution is 2.38. The molecule has 0 aliphatic rings. The van der Waals surface area contributed by atoms with E-state index in [0.29, 0.717) is 24.2 Å². The maximum atomic E-state index is 10.9. The van der Waals surface area contributed by atoms with Crippen molar-refractivity contribution in [2.24, 2.45) is 0 Å². The summed E-state index contributed by atoms with van der Waals surface area (Å²) < 4.78 is 11.5. The van der Waals surface area contributed by atoms with Crippen LogP contribution in [0.25, 0.3) is 0 Å². The van der Waals surface area contributed by atoms with Crippen LogP contribution in [-0.2, 0) is 4.79 Å². The van der Waals surface area contributed by atoms with Crippen LogP contribution in [-0.4, -0.2) is 19.4 Å². The molecule has 0 aliphatic heterocycles. The van der Waals surface area contributed by atoms with Crippen molar-refractivity contribution < 1.29 is 19.1 Å². The summed E-state index contributed by atoms with van der Waals surface area (Å²) in [6, 6.07) is 1.65. The zero-order valence-corrected chi connectivity index (χ0v) is 12.9. The smallest absolute Gasteiger partial charge is 0.308 e. The predicted molar refractivity (Wildman–Crippen MR) is 75.1 cm³/mol. The number of hydrogen-bond donors (Lipinski definition) is 0. The summed E-state index contributed by atoms with van der Waals surface area (Å²) in [5.74, 6) is 0.335. The van der Waals surface area contributed by atoms with Crippen LogP contribution < -0.4 is 9.47 Å². The number of carbonyl (C=O) groups is 2. The summed E-state index contributed by atoms with van der Waals surface area (Å²) in [6.45, 7) is 1.32. The van der Waals surface area contributed by atoms with E-state index in [-0.39, 0.29) is 0 Å². The normalized spacial score (nSPS) is 9.75. The third-order valence-electron chi connectivity index (χ3n) is 1.74. The molecule has 0 aliphatic carbocycles. The van der Waals surface area contributed by atoms with Crippen LogP contribution in [0.5, 0.6) is 11.5 Å². The molecule has 16 heavy (non-hydrogen) atoms. The number of methoxy groups -OCH3 is 1. The van der Waals surface area contributed by atoms with E-state index in [4.69, 9.17) is 9.47 Å². The highest BCUT2D eigenvalue weighted by Gasteiger charge is 2.18. The molecule has 0 saturated carbocycles. The molecule has 0 amide bonds. The van der Waals surface area contributed by atoms with Gasteiger partial charge in [0.2, 0.25) is 0 Å². The first kappa shape index (κ1) is 13.7.